The highest BCUT2D eigenvalue weighted by molar-refractivity contribution is 7.86. The number of nitrogen functional groups attached to an aromatic ring is 2. The zero-order valence-electron chi connectivity index (χ0n) is 20.2. The first kappa shape index (κ1) is 27.9. The molecule has 0 unspecified atom stereocenters. The Morgan fingerprint density at radius 3 is 1.93 bits per heavy atom. The summed E-state index contributed by atoms with van der Waals surface area (Å²) in [5, 5.41) is 4.93. The number of rotatable bonds is 6. The van der Waals surface area contributed by atoms with Gasteiger partial charge in [-0.2, -0.15) is 31.8 Å². The van der Waals surface area contributed by atoms with E-state index in [1.165, 1.54) is 36.4 Å². The highest BCUT2D eigenvalue weighted by Crippen LogP contribution is 2.40. The molecule has 3 aromatic carbocycles. The van der Waals surface area contributed by atoms with Gasteiger partial charge in [0.2, 0.25) is 17.2 Å². The van der Waals surface area contributed by atoms with Crippen molar-refractivity contribution in [2.45, 2.75) is 9.79 Å². The Kier molecular flexibility index (Phi) is 6.63. The minimum Gasteiger partial charge on any atom is -0.397 e. The summed E-state index contributed by atoms with van der Waals surface area (Å²) in [4.78, 5) is 36.3. The summed E-state index contributed by atoms with van der Waals surface area (Å²) in [6.07, 6.45) is 0. The van der Waals surface area contributed by atoms with Gasteiger partial charge in [0.25, 0.3) is 20.2 Å². The van der Waals surface area contributed by atoms with Crippen molar-refractivity contribution in [3.8, 4) is 0 Å². The lowest BCUT2D eigenvalue weighted by atomic mass is 9.82. The molecule has 0 bridgehead atoms. The maximum atomic E-state index is 13.5. The fraction of sp³-hybridized carbons (Fsp3) is 0. The molecule has 0 saturated heterocycles. The van der Waals surface area contributed by atoms with Crippen molar-refractivity contribution in [3.05, 3.63) is 76.1 Å². The second-order valence-corrected chi connectivity index (χ2v) is 11.6. The number of hydrogen-bond donors (Lipinski definition) is 6. The molecule has 4 aromatic rings. The molecule has 0 atom stereocenters. The summed E-state index contributed by atoms with van der Waals surface area (Å²) < 4.78 is 68.4. The van der Waals surface area contributed by atoms with Gasteiger partial charge in [0, 0.05) is 16.8 Å². The lowest BCUT2D eigenvalue weighted by Gasteiger charge is -2.24. The smallest absolute Gasteiger partial charge is 0.296 e. The maximum absolute atomic E-state index is 13.5. The number of fused-ring (bicyclic) bond motifs is 2. The highest BCUT2D eigenvalue weighted by atomic mass is 35.5. The summed E-state index contributed by atoms with van der Waals surface area (Å²) in [6.45, 7) is 0. The number of halogens is 1. The number of nitrogens with zero attached hydrogens (tertiary/aromatic N) is 3. The molecule has 0 radical (unpaired) electrons. The van der Waals surface area contributed by atoms with Crippen molar-refractivity contribution in [1.29, 1.82) is 0 Å². The predicted octanol–water partition coefficient (Wildman–Crippen LogP) is 2.45. The number of carbonyl (C=O) groups is 2. The maximum Gasteiger partial charge on any atom is 0.296 e. The van der Waals surface area contributed by atoms with E-state index in [-0.39, 0.29) is 50.9 Å². The van der Waals surface area contributed by atoms with Crippen LogP contribution < -0.4 is 22.1 Å². The van der Waals surface area contributed by atoms with Gasteiger partial charge < -0.3 is 22.1 Å². The molecule has 1 aromatic heterocycles. The van der Waals surface area contributed by atoms with Crippen molar-refractivity contribution >= 4 is 78.0 Å². The molecular formula is C23H16ClN7O8S2. The third-order valence-electron chi connectivity index (χ3n) is 5.89. The molecular weight excluding hydrogens is 602 g/mol. The minimum absolute atomic E-state index is 0.0144. The van der Waals surface area contributed by atoms with Crippen molar-refractivity contribution in [2.24, 2.45) is 0 Å². The van der Waals surface area contributed by atoms with E-state index < -0.39 is 52.8 Å². The average Bonchev–Trinajstić information content (AvgIpc) is 2.87. The Hall–Kier alpha value is -4.68. The van der Waals surface area contributed by atoms with Gasteiger partial charge in [-0.1, -0.05) is 24.3 Å². The van der Waals surface area contributed by atoms with Crippen LogP contribution in [0.15, 0.2) is 58.3 Å². The Bertz CT molecular complexity index is 2020. The predicted molar refractivity (Wildman–Crippen MR) is 146 cm³/mol. The molecule has 0 spiro atoms. The number of hydrogen-bond acceptors (Lipinski definition) is 13. The number of ketones is 2. The summed E-state index contributed by atoms with van der Waals surface area (Å²) in [6, 6.07) is 10.0. The van der Waals surface area contributed by atoms with E-state index in [4.69, 9.17) is 23.1 Å². The molecule has 41 heavy (non-hydrogen) atoms. The van der Waals surface area contributed by atoms with E-state index in [1.54, 1.807) is 0 Å². The quantitative estimate of drug-likeness (QED) is 0.118. The van der Waals surface area contributed by atoms with Crippen LogP contribution in [0, 0.1) is 0 Å². The zero-order chi connectivity index (χ0) is 29.9. The Labute approximate surface area is 236 Å². The van der Waals surface area contributed by atoms with Crippen molar-refractivity contribution in [2.75, 3.05) is 22.1 Å². The van der Waals surface area contributed by atoms with Crippen LogP contribution in [0.5, 0.6) is 0 Å². The van der Waals surface area contributed by atoms with E-state index in [0.29, 0.717) is 0 Å². The van der Waals surface area contributed by atoms with Gasteiger partial charge in [-0.15, -0.1) is 0 Å². The number of anilines is 6. The molecule has 1 heterocycles. The Morgan fingerprint density at radius 2 is 1.34 bits per heavy atom. The standard InChI is InChI=1S/C23H16ClN7O8S2/c24-21-29-22(26)31-23(30-21)28-12-6-5-9(7-14(12)40(34,35)36)27-13-8-15(41(37,38)39)18(25)17-16(13)19(32)10-3-1-2-4-11(10)20(17)33/h1-8,27H,25H2,(H,34,35,36)(H,37,38,39)(H3,26,28,29,30,31). The van der Waals surface area contributed by atoms with Gasteiger partial charge in [-0.05, 0) is 35.9 Å². The monoisotopic (exact) mass is 617 g/mol. The first-order valence-corrected chi connectivity index (χ1v) is 14.4. The summed E-state index contributed by atoms with van der Waals surface area (Å²) in [7, 11) is -9.91. The van der Waals surface area contributed by atoms with Crippen LogP contribution in [0.2, 0.25) is 5.28 Å². The van der Waals surface area contributed by atoms with Gasteiger partial charge in [-0.3, -0.25) is 18.7 Å². The van der Waals surface area contributed by atoms with Crippen LogP contribution in [0.4, 0.5) is 34.6 Å². The molecule has 18 heteroatoms. The molecule has 8 N–H and O–H groups in total. The van der Waals surface area contributed by atoms with Crippen LogP contribution in [0.25, 0.3) is 0 Å². The fourth-order valence-corrected chi connectivity index (χ4v) is 5.71. The van der Waals surface area contributed by atoms with Gasteiger partial charge >= 0.3 is 0 Å². The lowest BCUT2D eigenvalue weighted by Crippen LogP contribution is -2.25. The van der Waals surface area contributed by atoms with E-state index >= 15 is 0 Å². The Balaban J connectivity index is 1.67. The summed E-state index contributed by atoms with van der Waals surface area (Å²) in [5.41, 5.74) is 9.43. The lowest BCUT2D eigenvalue weighted by molar-refractivity contribution is 0.0980. The molecule has 0 amide bonds. The molecule has 5 rings (SSSR count). The molecule has 0 saturated carbocycles. The molecule has 210 valence electrons. The molecule has 1 aliphatic carbocycles. The third-order valence-corrected chi connectivity index (χ3v) is 7.84. The van der Waals surface area contributed by atoms with Crippen molar-refractivity contribution in [1.82, 2.24) is 15.0 Å². The number of nitrogens with two attached hydrogens (primary N) is 2. The average molecular weight is 618 g/mol. The van der Waals surface area contributed by atoms with Gasteiger partial charge in [0.05, 0.1) is 28.2 Å². The number of nitrogens with one attached hydrogen (secondary N) is 2. The Morgan fingerprint density at radius 1 is 0.732 bits per heavy atom. The number of aromatic nitrogens is 3. The third kappa shape index (κ3) is 5.14. The summed E-state index contributed by atoms with van der Waals surface area (Å²) >= 11 is 5.75. The molecule has 1 aliphatic rings. The van der Waals surface area contributed by atoms with E-state index in [1.807, 2.05) is 0 Å². The number of carbonyl (C=O) groups excluding carboxylic acids is 2. The normalized spacial score (nSPS) is 13.0. The van der Waals surface area contributed by atoms with E-state index in [0.717, 1.165) is 12.1 Å². The second kappa shape index (κ2) is 9.75. The first-order valence-electron chi connectivity index (χ1n) is 11.1. The second-order valence-electron chi connectivity index (χ2n) is 8.49. The van der Waals surface area contributed by atoms with Gasteiger partial charge in [0.15, 0.2) is 11.6 Å². The van der Waals surface area contributed by atoms with Crippen LogP contribution in [-0.2, 0) is 20.2 Å². The van der Waals surface area contributed by atoms with Gasteiger partial charge in [-0.25, -0.2) is 0 Å². The number of benzene rings is 3. The summed E-state index contributed by atoms with van der Waals surface area (Å²) in [5.74, 6) is -1.98. The molecule has 15 nitrogen and oxygen atoms in total. The van der Waals surface area contributed by atoms with E-state index in [2.05, 4.69) is 25.6 Å². The molecule has 0 aliphatic heterocycles. The SMILES string of the molecule is Nc1nc(Cl)nc(Nc2ccc(Nc3cc(S(=O)(=O)O)c(N)c4c3C(=O)c3ccccc3C4=O)cc2S(=O)(=O)O)n1. The van der Waals surface area contributed by atoms with Crippen molar-refractivity contribution in [3.63, 3.8) is 0 Å². The topological polar surface area (TPSA) is 258 Å². The fourth-order valence-electron chi connectivity index (χ4n) is 4.22. The molecule has 0 fully saturated rings. The largest absolute Gasteiger partial charge is 0.397 e. The highest BCUT2D eigenvalue weighted by Gasteiger charge is 2.36. The van der Waals surface area contributed by atoms with Crippen LogP contribution in [-0.4, -0.2) is 52.5 Å². The van der Waals surface area contributed by atoms with Gasteiger partial charge in [0.1, 0.15) is 9.79 Å². The minimum atomic E-state index is -4.99. The van der Waals surface area contributed by atoms with E-state index in [9.17, 15) is 35.5 Å². The van der Waals surface area contributed by atoms with Crippen LogP contribution in [0.1, 0.15) is 31.8 Å². The van der Waals surface area contributed by atoms with Crippen LogP contribution in [0.3, 0.4) is 0 Å². The first-order chi connectivity index (χ1) is 19.1. The zero-order valence-corrected chi connectivity index (χ0v) is 22.5. The van der Waals surface area contributed by atoms with Crippen LogP contribution >= 0.6 is 11.6 Å². The van der Waals surface area contributed by atoms with Crippen molar-refractivity contribution < 1.29 is 35.5 Å².